The van der Waals surface area contributed by atoms with Gasteiger partial charge in [-0.05, 0) is 0 Å². The van der Waals surface area contributed by atoms with Crippen LogP contribution in [0.1, 0.15) is 0 Å². The van der Waals surface area contributed by atoms with Crippen LogP contribution < -0.4 is 39.1 Å². The Bertz CT molecular complexity index is 604. The lowest BCUT2D eigenvalue weighted by Crippen LogP contribution is -2.66. The van der Waals surface area contributed by atoms with Crippen LogP contribution in [0, 0.1) is 0 Å². The lowest BCUT2D eigenvalue weighted by atomic mass is 9.85. The standard InChI is InChI=1S/C6H16O18P4/c7-1-3(21-25(9,10)11)5(23-27(15,16)17)2(8)6(24-28(18,19)20)4(1)22-26(12,13)14/h1-8H,(H2,9,10,11)(H2,12,13,14)(H2,15,16,17)(H2,18,19,20)/p-8. The van der Waals surface area contributed by atoms with Crippen LogP contribution >= 0.6 is 31.3 Å². The predicted molar refractivity (Wildman–Crippen MR) is 61.9 cm³/mol. The molecule has 0 radical (unpaired) electrons. The van der Waals surface area contributed by atoms with Crippen LogP contribution in [0.25, 0.3) is 0 Å². The number of phosphoric ester groups is 4. The monoisotopic (exact) mass is 492 g/mol. The minimum Gasteiger partial charge on any atom is -0.790 e. The lowest BCUT2D eigenvalue weighted by Gasteiger charge is -2.53. The Morgan fingerprint density at radius 2 is 0.607 bits per heavy atom. The smallest absolute Gasteiger partial charge is 0.120 e. The molecule has 1 aliphatic carbocycles. The van der Waals surface area contributed by atoms with Gasteiger partial charge in [0.1, 0.15) is 36.6 Å². The second kappa shape index (κ2) is 8.85. The fourth-order valence-corrected chi connectivity index (χ4v) is 4.41. The maximum atomic E-state index is 10.7. The molecule has 168 valence electrons. The Hall–Kier alpha value is 0.360. The third-order valence-corrected chi connectivity index (χ3v) is 5.00. The van der Waals surface area contributed by atoms with Gasteiger partial charge < -0.3 is 85.7 Å². The van der Waals surface area contributed by atoms with E-state index in [4.69, 9.17) is 0 Å². The van der Waals surface area contributed by atoms with Crippen LogP contribution in [0.5, 0.6) is 0 Å². The summed E-state index contributed by atoms with van der Waals surface area (Å²) in [6.45, 7) is 0. The molecule has 1 fully saturated rings. The van der Waals surface area contributed by atoms with Gasteiger partial charge in [-0.1, -0.05) is 0 Å². The van der Waals surface area contributed by atoms with Gasteiger partial charge in [-0.25, -0.2) is 0 Å². The topological polar surface area (TPSA) is 330 Å². The summed E-state index contributed by atoms with van der Waals surface area (Å²) in [5.74, 6) is 0. The zero-order chi connectivity index (χ0) is 22.3. The number of hydrogen-bond donors (Lipinski definition) is 2. The van der Waals surface area contributed by atoms with Crippen molar-refractivity contribution >= 4 is 31.3 Å². The van der Waals surface area contributed by atoms with E-state index in [1.807, 2.05) is 0 Å². The molecule has 1 rings (SSSR count). The predicted octanol–water partition coefficient (Wildman–Crippen LogP) is -8.42. The largest absolute Gasteiger partial charge is 0.790 e. The Balaban J connectivity index is 3.47. The average molecular weight is 492 g/mol. The summed E-state index contributed by atoms with van der Waals surface area (Å²) < 4.78 is 57.8. The molecule has 28 heavy (non-hydrogen) atoms. The molecule has 0 aromatic heterocycles. The zero-order valence-corrected chi connectivity index (χ0v) is 16.3. The molecule has 4 unspecified atom stereocenters. The third-order valence-electron chi connectivity index (χ3n) is 3.00. The van der Waals surface area contributed by atoms with Gasteiger partial charge in [0.25, 0.3) is 0 Å². The summed E-state index contributed by atoms with van der Waals surface area (Å²) in [6.07, 6.45) is -17.6. The van der Waals surface area contributed by atoms with Gasteiger partial charge in [0.05, 0.1) is 31.3 Å². The van der Waals surface area contributed by atoms with Crippen LogP contribution in [0.15, 0.2) is 0 Å². The van der Waals surface area contributed by atoms with Crippen LogP contribution in [0.3, 0.4) is 0 Å². The molecular weight excluding hydrogens is 484 g/mol. The van der Waals surface area contributed by atoms with Gasteiger partial charge in [-0.3, -0.25) is 0 Å². The molecule has 0 bridgehead atoms. The molecule has 0 aromatic rings. The molecule has 18 nitrogen and oxygen atoms in total. The molecule has 0 amide bonds. The third kappa shape index (κ3) is 8.62. The number of hydrogen-bond acceptors (Lipinski definition) is 18. The Labute approximate surface area is 154 Å². The minimum absolute atomic E-state index is 2.92. The molecule has 2 N–H and O–H groups in total. The van der Waals surface area contributed by atoms with Crippen molar-refractivity contribution in [3.05, 3.63) is 0 Å². The first-order chi connectivity index (χ1) is 12.2. The van der Waals surface area contributed by atoms with E-state index in [-0.39, 0.29) is 0 Å². The zero-order valence-electron chi connectivity index (χ0n) is 12.7. The maximum absolute atomic E-state index is 10.7. The highest BCUT2D eigenvalue weighted by Gasteiger charge is 2.54. The molecule has 0 heterocycles. The first kappa shape index (κ1) is 26.4. The van der Waals surface area contributed by atoms with Crippen molar-refractivity contribution in [2.75, 3.05) is 0 Å². The van der Waals surface area contributed by atoms with E-state index in [0.717, 1.165) is 0 Å². The van der Waals surface area contributed by atoms with Crippen molar-refractivity contribution in [2.24, 2.45) is 0 Å². The van der Waals surface area contributed by atoms with Crippen molar-refractivity contribution < 1.29 is 85.7 Å². The molecule has 1 aliphatic rings. The molecule has 0 aliphatic heterocycles. The average Bonchev–Trinajstić information content (AvgIpc) is 2.39. The summed E-state index contributed by atoms with van der Waals surface area (Å²) in [5, 5.41) is 19.8. The van der Waals surface area contributed by atoms with E-state index in [1.165, 1.54) is 0 Å². The molecule has 0 saturated heterocycles. The van der Waals surface area contributed by atoms with Crippen molar-refractivity contribution in [1.82, 2.24) is 0 Å². The summed E-state index contributed by atoms with van der Waals surface area (Å²) in [7, 11) is -24.7. The SMILES string of the molecule is O=P([O-])([O-])OC1C(O)C(OP(=O)([O-])[O-])C(OP(=O)([O-])[O-])C(O)C1OP(=O)([O-])[O-]. The molecule has 0 aromatic carbocycles. The Kier molecular flexibility index (Phi) is 8.34. The van der Waals surface area contributed by atoms with Gasteiger partial charge in [0.2, 0.25) is 0 Å². The molecule has 1 saturated carbocycles. The van der Waals surface area contributed by atoms with Gasteiger partial charge in [-0.2, -0.15) is 0 Å². The van der Waals surface area contributed by atoms with Gasteiger partial charge in [-0.15, -0.1) is 0 Å². The van der Waals surface area contributed by atoms with E-state index < -0.39 is 67.9 Å². The van der Waals surface area contributed by atoms with E-state index in [0.29, 0.717) is 0 Å². The van der Waals surface area contributed by atoms with E-state index in [2.05, 4.69) is 18.1 Å². The van der Waals surface area contributed by atoms with Crippen LogP contribution in [0.4, 0.5) is 0 Å². The number of aliphatic hydroxyl groups is 2. The van der Waals surface area contributed by atoms with Crippen LogP contribution in [0.2, 0.25) is 0 Å². The quantitative estimate of drug-likeness (QED) is 0.297. The summed E-state index contributed by atoms with van der Waals surface area (Å²) >= 11 is 0. The first-order valence-electron chi connectivity index (χ1n) is 6.38. The number of rotatable bonds is 8. The second-order valence-corrected chi connectivity index (χ2v) is 9.47. The highest BCUT2D eigenvalue weighted by molar-refractivity contribution is 7.44. The van der Waals surface area contributed by atoms with Crippen LogP contribution in [-0.4, -0.2) is 46.8 Å². The van der Waals surface area contributed by atoms with Gasteiger partial charge >= 0.3 is 0 Å². The van der Waals surface area contributed by atoms with Gasteiger partial charge in [0, 0.05) is 0 Å². The second-order valence-electron chi connectivity index (χ2n) is 5.05. The normalized spacial score (nSPS) is 33.1. The Morgan fingerprint density at radius 1 is 0.464 bits per heavy atom. The van der Waals surface area contributed by atoms with Crippen LogP contribution in [-0.2, 0) is 36.4 Å². The fourth-order valence-electron chi connectivity index (χ4n) is 2.24. The molecular formula is C6H8O18P4-8. The van der Waals surface area contributed by atoms with Crippen molar-refractivity contribution in [1.29, 1.82) is 0 Å². The minimum atomic E-state index is -6.18. The molecule has 22 heteroatoms. The van der Waals surface area contributed by atoms with E-state index in [1.54, 1.807) is 0 Å². The first-order valence-corrected chi connectivity index (χ1v) is 12.2. The molecule has 0 spiro atoms. The van der Waals surface area contributed by atoms with Crippen molar-refractivity contribution in [2.45, 2.75) is 36.6 Å². The number of aliphatic hydroxyl groups excluding tert-OH is 2. The van der Waals surface area contributed by atoms with E-state index >= 15 is 0 Å². The van der Waals surface area contributed by atoms with E-state index in [9.17, 15) is 67.6 Å². The number of phosphoric acid groups is 4. The Morgan fingerprint density at radius 3 is 0.714 bits per heavy atom. The summed E-state index contributed by atoms with van der Waals surface area (Å²) in [6, 6.07) is 0. The van der Waals surface area contributed by atoms with Gasteiger partial charge in [0.15, 0.2) is 0 Å². The summed E-state index contributed by atoms with van der Waals surface area (Å²) in [5.41, 5.74) is 0. The highest BCUT2D eigenvalue weighted by Crippen LogP contribution is 2.46. The van der Waals surface area contributed by atoms with Crippen molar-refractivity contribution in [3.63, 3.8) is 0 Å². The summed E-state index contributed by atoms with van der Waals surface area (Å²) in [4.78, 5) is 86.0. The molecule has 4 atom stereocenters. The highest BCUT2D eigenvalue weighted by atomic mass is 31.2. The van der Waals surface area contributed by atoms with Crippen molar-refractivity contribution in [3.8, 4) is 0 Å². The maximum Gasteiger partial charge on any atom is 0.120 e. The lowest BCUT2D eigenvalue weighted by molar-refractivity contribution is -0.378. The fraction of sp³-hybridized carbons (Fsp3) is 1.00.